The van der Waals surface area contributed by atoms with Crippen molar-refractivity contribution >= 4 is 53.7 Å². The lowest BCUT2D eigenvalue weighted by atomic mass is 10.2. The highest BCUT2D eigenvalue weighted by Crippen LogP contribution is 2.25. The molecule has 0 unspecified atom stereocenters. The van der Waals surface area contributed by atoms with Crippen molar-refractivity contribution in [3.8, 4) is 10.6 Å². The van der Waals surface area contributed by atoms with Crippen LogP contribution in [0.25, 0.3) is 10.6 Å². The molecule has 0 bridgehead atoms. The third kappa shape index (κ3) is 5.06. The van der Waals surface area contributed by atoms with E-state index >= 15 is 0 Å². The van der Waals surface area contributed by atoms with Crippen molar-refractivity contribution in [1.29, 1.82) is 0 Å². The number of hydrogen-bond acceptors (Lipinski definition) is 4. The van der Waals surface area contributed by atoms with Crippen molar-refractivity contribution < 1.29 is 4.79 Å². The molecule has 1 aliphatic heterocycles. The third-order valence-electron chi connectivity index (χ3n) is 3.44. The van der Waals surface area contributed by atoms with E-state index in [1.807, 2.05) is 34.5 Å². The zero-order chi connectivity index (χ0) is 14.7. The van der Waals surface area contributed by atoms with Gasteiger partial charge in [-0.2, -0.15) is 0 Å². The fourth-order valence-electron chi connectivity index (χ4n) is 2.31. The number of nitrogens with zero attached hydrogens (tertiary/aromatic N) is 2. The van der Waals surface area contributed by atoms with E-state index in [0.29, 0.717) is 10.7 Å². The van der Waals surface area contributed by atoms with Crippen LogP contribution in [0.3, 0.4) is 0 Å². The Hall–Kier alpha value is -0.850. The summed E-state index contributed by atoms with van der Waals surface area (Å²) in [5.41, 5.74) is 1.52. The average Bonchev–Trinajstić information content (AvgIpc) is 2.83. The van der Waals surface area contributed by atoms with Gasteiger partial charge in [0.15, 0.2) is 0 Å². The molecule has 2 aromatic rings. The summed E-state index contributed by atoms with van der Waals surface area (Å²) in [6.07, 6.45) is 0.986. The molecule has 0 atom stereocenters. The smallest absolute Gasteiger partial charge is 0.273 e. The van der Waals surface area contributed by atoms with Crippen LogP contribution in [-0.2, 0) is 0 Å². The summed E-state index contributed by atoms with van der Waals surface area (Å²) in [5.74, 6) is 0.0233. The minimum atomic E-state index is 0. The number of thiazole rings is 1. The summed E-state index contributed by atoms with van der Waals surface area (Å²) in [6.45, 7) is 3.35. The van der Waals surface area contributed by atoms with E-state index in [0.717, 1.165) is 43.2 Å². The largest absolute Gasteiger partial charge is 0.336 e. The van der Waals surface area contributed by atoms with Crippen LogP contribution in [0, 0.1) is 0 Å². The monoisotopic (exact) mass is 393 g/mol. The molecule has 2 heterocycles. The summed E-state index contributed by atoms with van der Waals surface area (Å²) < 4.78 is 0. The van der Waals surface area contributed by atoms with E-state index in [4.69, 9.17) is 11.6 Å². The second-order valence-corrected chi connectivity index (χ2v) is 6.24. The molecule has 126 valence electrons. The molecule has 1 aromatic heterocycles. The lowest BCUT2D eigenvalue weighted by Crippen LogP contribution is -2.34. The molecule has 1 saturated heterocycles. The standard InChI is InChI=1S/C15H16ClN3OS.2ClH/c16-12-4-2-11(3-5-12)14-18-13(10-21-14)15(20)19-8-1-6-17-7-9-19;;/h2-5,10,17H,1,6-9H2;2*1H. The first-order valence-electron chi connectivity index (χ1n) is 6.95. The molecule has 1 fully saturated rings. The molecule has 8 heteroatoms. The lowest BCUT2D eigenvalue weighted by molar-refractivity contribution is 0.0761. The van der Waals surface area contributed by atoms with Crippen molar-refractivity contribution in [1.82, 2.24) is 15.2 Å². The zero-order valence-corrected chi connectivity index (χ0v) is 15.5. The molecule has 1 N–H and O–H groups in total. The van der Waals surface area contributed by atoms with E-state index in [1.165, 1.54) is 11.3 Å². The number of halogens is 3. The normalized spacial score (nSPS) is 14.4. The SMILES string of the molecule is Cl.Cl.O=C(c1csc(-c2ccc(Cl)cc2)n1)N1CCCNCC1. The predicted molar refractivity (Wildman–Crippen MR) is 100 cm³/mol. The highest BCUT2D eigenvalue weighted by molar-refractivity contribution is 7.13. The second-order valence-electron chi connectivity index (χ2n) is 4.94. The van der Waals surface area contributed by atoms with Crippen LogP contribution in [-0.4, -0.2) is 42.0 Å². The summed E-state index contributed by atoms with van der Waals surface area (Å²) >= 11 is 7.38. The van der Waals surface area contributed by atoms with Gasteiger partial charge in [-0.05, 0) is 25.1 Å². The molecular weight excluding hydrogens is 377 g/mol. The maximum atomic E-state index is 12.5. The van der Waals surface area contributed by atoms with Crippen molar-refractivity contribution in [2.75, 3.05) is 26.2 Å². The number of rotatable bonds is 2. The fourth-order valence-corrected chi connectivity index (χ4v) is 3.23. The lowest BCUT2D eigenvalue weighted by Gasteiger charge is -2.18. The number of carbonyl (C=O) groups excluding carboxylic acids is 1. The molecule has 23 heavy (non-hydrogen) atoms. The molecule has 0 radical (unpaired) electrons. The number of hydrogen-bond donors (Lipinski definition) is 1. The molecule has 1 amide bonds. The van der Waals surface area contributed by atoms with Crippen LogP contribution in [0.1, 0.15) is 16.9 Å². The maximum Gasteiger partial charge on any atom is 0.273 e. The number of amides is 1. The Balaban J connectivity index is 0.00000132. The van der Waals surface area contributed by atoms with E-state index < -0.39 is 0 Å². The second kappa shape index (κ2) is 9.45. The first-order valence-corrected chi connectivity index (χ1v) is 8.21. The van der Waals surface area contributed by atoms with Crippen LogP contribution >= 0.6 is 47.8 Å². The summed E-state index contributed by atoms with van der Waals surface area (Å²) in [7, 11) is 0. The van der Waals surface area contributed by atoms with Crippen LogP contribution in [0.2, 0.25) is 5.02 Å². The van der Waals surface area contributed by atoms with Crippen molar-refractivity contribution in [3.63, 3.8) is 0 Å². The molecule has 1 aromatic carbocycles. The molecular formula is C15H18Cl3N3OS. The van der Waals surface area contributed by atoms with Gasteiger partial charge in [-0.3, -0.25) is 4.79 Å². The van der Waals surface area contributed by atoms with Crippen molar-refractivity contribution in [3.05, 3.63) is 40.4 Å². The van der Waals surface area contributed by atoms with E-state index in [-0.39, 0.29) is 30.7 Å². The third-order valence-corrected chi connectivity index (χ3v) is 4.59. The van der Waals surface area contributed by atoms with Crippen LogP contribution in [0.15, 0.2) is 29.6 Å². The van der Waals surface area contributed by atoms with Gasteiger partial charge in [-0.25, -0.2) is 4.98 Å². The predicted octanol–water partition coefficient (Wildman–Crippen LogP) is 3.74. The van der Waals surface area contributed by atoms with Crippen molar-refractivity contribution in [2.45, 2.75) is 6.42 Å². The van der Waals surface area contributed by atoms with Crippen LogP contribution in [0.4, 0.5) is 0 Å². The number of aromatic nitrogens is 1. The van der Waals surface area contributed by atoms with Crippen LogP contribution in [0.5, 0.6) is 0 Å². The maximum absolute atomic E-state index is 12.5. The van der Waals surface area contributed by atoms with Gasteiger partial charge in [-0.1, -0.05) is 23.7 Å². The fraction of sp³-hybridized carbons (Fsp3) is 0.333. The highest BCUT2D eigenvalue weighted by atomic mass is 35.5. The first kappa shape index (κ1) is 20.2. The van der Waals surface area contributed by atoms with E-state index in [2.05, 4.69) is 10.3 Å². The summed E-state index contributed by atoms with van der Waals surface area (Å²) in [5, 5.41) is 6.68. The summed E-state index contributed by atoms with van der Waals surface area (Å²) in [4.78, 5) is 18.8. The molecule has 0 spiro atoms. The Labute approximate surface area is 157 Å². The molecule has 3 rings (SSSR count). The average molecular weight is 395 g/mol. The Morgan fingerprint density at radius 2 is 1.91 bits per heavy atom. The van der Waals surface area contributed by atoms with Gasteiger partial charge < -0.3 is 10.2 Å². The molecule has 1 aliphatic rings. The van der Waals surface area contributed by atoms with E-state index in [1.54, 1.807) is 0 Å². The minimum Gasteiger partial charge on any atom is -0.336 e. The Morgan fingerprint density at radius 3 is 2.65 bits per heavy atom. The Morgan fingerprint density at radius 1 is 1.17 bits per heavy atom. The van der Waals surface area contributed by atoms with Gasteiger partial charge in [0, 0.05) is 35.6 Å². The Kier molecular flexibility index (Phi) is 8.29. The van der Waals surface area contributed by atoms with Crippen molar-refractivity contribution in [2.24, 2.45) is 0 Å². The summed E-state index contributed by atoms with van der Waals surface area (Å²) in [6, 6.07) is 7.51. The minimum absolute atomic E-state index is 0. The van der Waals surface area contributed by atoms with Gasteiger partial charge in [-0.15, -0.1) is 36.2 Å². The van der Waals surface area contributed by atoms with Gasteiger partial charge in [0.1, 0.15) is 10.7 Å². The number of benzene rings is 1. The zero-order valence-electron chi connectivity index (χ0n) is 12.3. The van der Waals surface area contributed by atoms with Gasteiger partial charge >= 0.3 is 0 Å². The number of carbonyl (C=O) groups is 1. The van der Waals surface area contributed by atoms with Gasteiger partial charge in [0.2, 0.25) is 0 Å². The topological polar surface area (TPSA) is 45.2 Å². The molecule has 0 saturated carbocycles. The first-order chi connectivity index (χ1) is 10.2. The van der Waals surface area contributed by atoms with Gasteiger partial charge in [0.05, 0.1) is 0 Å². The van der Waals surface area contributed by atoms with Crippen LogP contribution < -0.4 is 5.32 Å². The van der Waals surface area contributed by atoms with E-state index in [9.17, 15) is 4.79 Å². The molecule has 4 nitrogen and oxygen atoms in total. The number of nitrogens with one attached hydrogen (secondary N) is 1. The Bertz CT molecular complexity index is 625. The highest BCUT2D eigenvalue weighted by Gasteiger charge is 2.19. The quantitative estimate of drug-likeness (QED) is 0.844. The molecule has 0 aliphatic carbocycles. The van der Waals surface area contributed by atoms with Gasteiger partial charge in [0.25, 0.3) is 5.91 Å².